The number of ether oxygens (including phenoxy) is 1. The monoisotopic (exact) mass is 385 g/mol. The van der Waals surface area contributed by atoms with E-state index in [-0.39, 0.29) is 17.2 Å². The summed E-state index contributed by atoms with van der Waals surface area (Å²) in [5.74, 6) is -0.613. The van der Waals surface area contributed by atoms with Crippen molar-refractivity contribution in [2.45, 2.75) is 25.3 Å². The number of aryl methyl sites for hydroxylation is 1. The number of sulfonamides is 1. The van der Waals surface area contributed by atoms with E-state index in [9.17, 15) is 13.2 Å². The van der Waals surface area contributed by atoms with Gasteiger partial charge in [-0.05, 0) is 12.1 Å². The summed E-state index contributed by atoms with van der Waals surface area (Å²) in [5.41, 5.74) is 0.843. The first-order chi connectivity index (χ1) is 11.8. The fraction of sp³-hybridized carbons (Fsp3) is 0.375. The predicted molar refractivity (Wildman–Crippen MR) is 93.9 cm³/mol. The van der Waals surface area contributed by atoms with E-state index in [2.05, 4.69) is 4.98 Å². The summed E-state index contributed by atoms with van der Waals surface area (Å²) in [6.07, 6.45) is 2.92. The Morgan fingerprint density at radius 1 is 1.32 bits per heavy atom. The summed E-state index contributed by atoms with van der Waals surface area (Å²) >= 11 is 5.70. The molecule has 0 saturated carbocycles. The van der Waals surface area contributed by atoms with Crippen molar-refractivity contribution in [3.05, 3.63) is 47.0 Å². The summed E-state index contributed by atoms with van der Waals surface area (Å²) in [4.78, 5) is 16.2. The van der Waals surface area contributed by atoms with Crippen LogP contribution < -0.4 is 0 Å². The lowest BCUT2D eigenvalue weighted by Crippen LogP contribution is -2.30. The zero-order valence-electron chi connectivity index (χ0n) is 14.3. The van der Waals surface area contributed by atoms with Gasteiger partial charge in [0.2, 0.25) is 10.0 Å². The minimum Gasteiger partial charge on any atom is -0.456 e. The Bertz CT molecular complexity index is 843. The lowest BCUT2D eigenvalue weighted by Gasteiger charge is -2.17. The van der Waals surface area contributed by atoms with Crippen LogP contribution in [0, 0.1) is 0 Å². The second-order valence-electron chi connectivity index (χ2n) is 5.33. The molecule has 7 nitrogen and oxygen atoms in total. The molecule has 0 unspecified atom stereocenters. The second kappa shape index (κ2) is 7.99. The van der Waals surface area contributed by atoms with E-state index in [0.717, 1.165) is 0 Å². The number of carbonyl (C=O) groups is 1. The van der Waals surface area contributed by atoms with Crippen molar-refractivity contribution >= 4 is 27.6 Å². The van der Waals surface area contributed by atoms with Crippen molar-refractivity contribution in [1.29, 1.82) is 0 Å². The number of aromatic nitrogens is 2. The fourth-order valence-electron chi connectivity index (χ4n) is 2.31. The number of esters is 1. The van der Waals surface area contributed by atoms with E-state index in [1.165, 1.54) is 27.3 Å². The van der Waals surface area contributed by atoms with Crippen LogP contribution in [0.1, 0.15) is 29.9 Å². The van der Waals surface area contributed by atoms with Gasteiger partial charge >= 0.3 is 5.97 Å². The number of pyridine rings is 1. The van der Waals surface area contributed by atoms with E-state index in [1.807, 2.05) is 0 Å². The molecule has 0 atom stereocenters. The highest BCUT2D eigenvalue weighted by atomic mass is 35.5. The average Bonchev–Trinajstić information content (AvgIpc) is 2.97. The Hall–Kier alpha value is -1.90. The van der Waals surface area contributed by atoms with Crippen LogP contribution in [0.2, 0.25) is 5.15 Å². The first kappa shape index (κ1) is 19.4. The molecule has 0 radical (unpaired) electrons. The second-order valence-corrected chi connectivity index (χ2v) is 7.65. The van der Waals surface area contributed by atoms with E-state index >= 15 is 0 Å². The largest absolute Gasteiger partial charge is 0.456 e. The van der Waals surface area contributed by atoms with E-state index in [0.29, 0.717) is 23.8 Å². The lowest BCUT2D eigenvalue weighted by molar-refractivity contribution is 0.0461. The van der Waals surface area contributed by atoms with Gasteiger partial charge in [-0.25, -0.2) is 18.2 Å². The van der Waals surface area contributed by atoms with Gasteiger partial charge in [-0.1, -0.05) is 31.5 Å². The average molecular weight is 386 g/mol. The number of hydrogen-bond acceptors (Lipinski definition) is 5. The summed E-state index contributed by atoms with van der Waals surface area (Å²) < 4.78 is 33.1. The first-order valence-electron chi connectivity index (χ1n) is 7.73. The van der Waals surface area contributed by atoms with Gasteiger partial charge in [-0.15, -0.1) is 0 Å². The van der Waals surface area contributed by atoms with Gasteiger partial charge in [-0.2, -0.15) is 4.31 Å². The minimum absolute atomic E-state index is 0.0201. The molecule has 25 heavy (non-hydrogen) atoms. The highest BCUT2D eigenvalue weighted by Gasteiger charge is 2.25. The quantitative estimate of drug-likeness (QED) is 0.540. The van der Waals surface area contributed by atoms with Gasteiger partial charge in [0.05, 0.1) is 0 Å². The highest BCUT2D eigenvalue weighted by Crippen LogP contribution is 2.19. The molecule has 0 aliphatic heterocycles. The third-order valence-electron chi connectivity index (χ3n) is 3.69. The first-order valence-corrected chi connectivity index (χ1v) is 9.55. The van der Waals surface area contributed by atoms with Crippen molar-refractivity contribution in [2.75, 3.05) is 13.1 Å². The molecule has 2 rings (SSSR count). The van der Waals surface area contributed by atoms with Crippen LogP contribution in [0.25, 0.3) is 0 Å². The van der Waals surface area contributed by atoms with Crippen LogP contribution in [0.5, 0.6) is 0 Å². The summed E-state index contributed by atoms with van der Waals surface area (Å²) in [5, 5.41) is 0.351. The Morgan fingerprint density at radius 2 is 2.00 bits per heavy atom. The van der Waals surface area contributed by atoms with Gasteiger partial charge in [0, 0.05) is 38.1 Å². The maximum absolute atomic E-state index is 12.5. The predicted octanol–water partition coefficient (Wildman–Crippen LogP) is 2.46. The third-order valence-corrected chi connectivity index (χ3v) is 5.93. The number of halogens is 1. The molecule has 0 aliphatic carbocycles. The van der Waals surface area contributed by atoms with E-state index in [1.54, 1.807) is 33.0 Å². The van der Waals surface area contributed by atoms with E-state index < -0.39 is 16.0 Å². The van der Waals surface area contributed by atoms with Crippen LogP contribution in [0.4, 0.5) is 0 Å². The Morgan fingerprint density at radius 3 is 2.56 bits per heavy atom. The summed E-state index contributed by atoms with van der Waals surface area (Å²) in [6, 6.07) is 4.63. The Labute approximate surface area is 152 Å². The molecule has 0 fully saturated rings. The van der Waals surface area contributed by atoms with E-state index in [4.69, 9.17) is 16.3 Å². The summed E-state index contributed by atoms with van der Waals surface area (Å²) in [6.45, 7) is 4.26. The molecule has 9 heteroatoms. The van der Waals surface area contributed by atoms with Crippen LogP contribution in [-0.2, 0) is 28.4 Å². The Balaban J connectivity index is 2.16. The maximum Gasteiger partial charge on any atom is 0.355 e. The number of rotatable bonds is 7. The number of hydrogen-bond donors (Lipinski definition) is 0. The highest BCUT2D eigenvalue weighted by molar-refractivity contribution is 7.89. The Kier molecular flexibility index (Phi) is 6.21. The standard InChI is InChI=1S/C16H20ClN3O4S/c1-4-20(5-2)25(22,23)13-8-14(19(3)10-13)16(21)24-11-12-6-7-15(17)18-9-12/h6-10H,4-5,11H2,1-3H3. The van der Waals surface area contributed by atoms with Gasteiger partial charge < -0.3 is 9.30 Å². The SMILES string of the molecule is CCN(CC)S(=O)(=O)c1cc(C(=O)OCc2ccc(Cl)nc2)n(C)c1. The topological polar surface area (TPSA) is 81.5 Å². The van der Waals surface area contributed by atoms with Crippen molar-refractivity contribution < 1.29 is 17.9 Å². The van der Waals surface area contributed by atoms with Crippen molar-refractivity contribution in [2.24, 2.45) is 7.05 Å². The molecule has 0 aromatic carbocycles. The molecule has 136 valence electrons. The normalized spacial score (nSPS) is 11.7. The van der Waals surface area contributed by atoms with Gasteiger partial charge in [0.25, 0.3) is 0 Å². The molecule has 0 amide bonds. The zero-order chi connectivity index (χ0) is 18.6. The van der Waals surface area contributed by atoms with Crippen molar-refractivity contribution in [1.82, 2.24) is 13.9 Å². The molecule has 2 aromatic heterocycles. The van der Waals surface area contributed by atoms with Gasteiger partial charge in [0.15, 0.2) is 0 Å². The third kappa shape index (κ3) is 4.39. The minimum atomic E-state index is -3.63. The molecular formula is C16H20ClN3O4S. The lowest BCUT2D eigenvalue weighted by atomic mass is 10.3. The molecule has 2 heterocycles. The molecule has 0 saturated heterocycles. The summed E-state index contributed by atoms with van der Waals surface area (Å²) in [7, 11) is -2.03. The molecule has 0 aliphatic rings. The molecule has 2 aromatic rings. The molecule has 0 bridgehead atoms. The number of carbonyl (C=O) groups excluding carboxylic acids is 1. The van der Waals surface area contributed by atoms with Crippen molar-refractivity contribution in [3.63, 3.8) is 0 Å². The number of nitrogens with zero attached hydrogens (tertiary/aromatic N) is 3. The molecular weight excluding hydrogens is 366 g/mol. The van der Waals surface area contributed by atoms with Gasteiger partial charge in [0.1, 0.15) is 22.3 Å². The van der Waals surface area contributed by atoms with Crippen molar-refractivity contribution in [3.8, 4) is 0 Å². The van der Waals surface area contributed by atoms with Crippen LogP contribution in [0.15, 0.2) is 35.5 Å². The zero-order valence-corrected chi connectivity index (χ0v) is 15.8. The van der Waals surface area contributed by atoms with Crippen LogP contribution >= 0.6 is 11.6 Å². The molecule has 0 N–H and O–H groups in total. The van der Waals surface area contributed by atoms with Gasteiger partial charge in [-0.3, -0.25) is 0 Å². The van der Waals surface area contributed by atoms with Crippen LogP contribution in [0.3, 0.4) is 0 Å². The smallest absolute Gasteiger partial charge is 0.355 e. The maximum atomic E-state index is 12.5. The molecule has 0 spiro atoms. The fourth-order valence-corrected chi connectivity index (χ4v) is 3.95. The van der Waals surface area contributed by atoms with Crippen LogP contribution in [-0.4, -0.2) is 41.3 Å².